The SMILES string of the molecule is O=C(N/N=C\c1ccsc1)c1cccc([N+](=O)[O-])c1. The van der Waals surface area contributed by atoms with Crippen molar-refractivity contribution in [1.82, 2.24) is 5.43 Å². The summed E-state index contributed by atoms with van der Waals surface area (Å²) >= 11 is 1.52. The van der Waals surface area contributed by atoms with Crippen molar-refractivity contribution in [2.45, 2.75) is 0 Å². The summed E-state index contributed by atoms with van der Waals surface area (Å²) in [7, 11) is 0. The Morgan fingerprint density at radius 3 is 2.95 bits per heavy atom. The van der Waals surface area contributed by atoms with Gasteiger partial charge in [-0.1, -0.05) is 6.07 Å². The highest BCUT2D eigenvalue weighted by molar-refractivity contribution is 7.08. The molecule has 0 aliphatic carbocycles. The quantitative estimate of drug-likeness (QED) is 0.528. The van der Waals surface area contributed by atoms with Gasteiger partial charge < -0.3 is 0 Å². The first-order valence-corrected chi connectivity index (χ1v) is 6.21. The molecular formula is C12H9N3O3S. The lowest BCUT2D eigenvalue weighted by Gasteiger charge is -1.99. The van der Waals surface area contributed by atoms with Crippen LogP contribution >= 0.6 is 11.3 Å². The van der Waals surface area contributed by atoms with Gasteiger partial charge in [0.1, 0.15) is 0 Å². The summed E-state index contributed by atoms with van der Waals surface area (Å²) in [6.45, 7) is 0. The van der Waals surface area contributed by atoms with E-state index in [1.165, 1.54) is 41.8 Å². The number of nitro benzene ring substituents is 1. The monoisotopic (exact) mass is 275 g/mol. The van der Waals surface area contributed by atoms with Crippen LogP contribution in [-0.4, -0.2) is 17.0 Å². The lowest BCUT2D eigenvalue weighted by Crippen LogP contribution is -2.17. The third-order valence-electron chi connectivity index (χ3n) is 2.24. The molecule has 0 radical (unpaired) electrons. The van der Waals surface area contributed by atoms with Crippen molar-refractivity contribution in [3.05, 3.63) is 62.3 Å². The van der Waals surface area contributed by atoms with Crippen molar-refractivity contribution in [2.75, 3.05) is 0 Å². The third-order valence-corrected chi connectivity index (χ3v) is 2.94. The van der Waals surface area contributed by atoms with Crippen LogP contribution in [0.5, 0.6) is 0 Å². The van der Waals surface area contributed by atoms with Crippen molar-refractivity contribution >= 4 is 29.1 Å². The molecule has 1 aromatic heterocycles. The molecule has 0 aliphatic heterocycles. The maximum Gasteiger partial charge on any atom is 0.271 e. The predicted octanol–water partition coefficient (Wildman–Crippen LogP) is 2.42. The second kappa shape index (κ2) is 5.87. The van der Waals surface area contributed by atoms with E-state index in [-0.39, 0.29) is 11.3 Å². The number of rotatable bonds is 4. The number of amides is 1. The Hall–Kier alpha value is -2.54. The van der Waals surface area contributed by atoms with Gasteiger partial charge in [0.15, 0.2) is 0 Å². The molecular weight excluding hydrogens is 266 g/mol. The first kappa shape index (κ1) is 12.9. The van der Waals surface area contributed by atoms with Gasteiger partial charge in [-0.15, -0.1) is 0 Å². The maximum absolute atomic E-state index is 11.7. The van der Waals surface area contributed by atoms with E-state index < -0.39 is 10.8 Å². The molecule has 0 unspecified atom stereocenters. The number of nitrogens with one attached hydrogen (secondary N) is 1. The number of carbonyl (C=O) groups is 1. The van der Waals surface area contributed by atoms with Gasteiger partial charge in [-0.05, 0) is 22.9 Å². The van der Waals surface area contributed by atoms with E-state index in [2.05, 4.69) is 10.5 Å². The maximum atomic E-state index is 11.7. The van der Waals surface area contributed by atoms with Crippen LogP contribution in [0.25, 0.3) is 0 Å². The molecule has 1 heterocycles. The average molecular weight is 275 g/mol. The minimum Gasteiger partial charge on any atom is -0.267 e. The van der Waals surface area contributed by atoms with Crippen molar-refractivity contribution in [3.8, 4) is 0 Å². The molecule has 0 saturated carbocycles. The summed E-state index contributed by atoms with van der Waals surface area (Å²) in [5, 5.41) is 18.1. The van der Waals surface area contributed by atoms with E-state index in [0.29, 0.717) is 0 Å². The smallest absolute Gasteiger partial charge is 0.267 e. The number of benzene rings is 1. The Bertz CT molecular complexity index is 623. The summed E-state index contributed by atoms with van der Waals surface area (Å²) in [6.07, 6.45) is 1.51. The number of hydrogen-bond donors (Lipinski definition) is 1. The Balaban J connectivity index is 2.04. The molecule has 0 aliphatic rings. The Kier molecular flexibility index (Phi) is 3.99. The first-order valence-electron chi connectivity index (χ1n) is 5.27. The van der Waals surface area contributed by atoms with E-state index >= 15 is 0 Å². The molecule has 1 aromatic carbocycles. The normalized spacial score (nSPS) is 10.5. The second-order valence-corrected chi connectivity index (χ2v) is 4.34. The minimum atomic E-state index is -0.550. The van der Waals surface area contributed by atoms with Gasteiger partial charge in [0.25, 0.3) is 11.6 Å². The summed E-state index contributed by atoms with van der Waals surface area (Å²) in [5.41, 5.74) is 3.26. The summed E-state index contributed by atoms with van der Waals surface area (Å²) < 4.78 is 0. The molecule has 96 valence electrons. The van der Waals surface area contributed by atoms with Crippen molar-refractivity contribution in [2.24, 2.45) is 5.10 Å². The standard InChI is InChI=1S/C12H9N3O3S/c16-12(14-13-7-9-4-5-19-8-9)10-2-1-3-11(6-10)15(17)18/h1-8H,(H,14,16)/b13-7-. The van der Waals surface area contributed by atoms with Crippen LogP contribution in [0.4, 0.5) is 5.69 Å². The third kappa shape index (κ3) is 3.46. The molecule has 0 fully saturated rings. The minimum absolute atomic E-state index is 0.130. The van der Waals surface area contributed by atoms with Gasteiger partial charge in [0.2, 0.25) is 0 Å². The van der Waals surface area contributed by atoms with Gasteiger partial charge in [-0.3, -0.25) is 14.9 Å². The van der Waals surface area contributed by atoms with Crippen molar-refractivity contribution < 1.29 is 9.72 Å². The first-order chi connectivity index (χ1) is 9.16. The molecule has 1 N–H and O–H groups in total. The summed E-state index contributed by atoms with van der Waals surface area (Å²) in [5.74, 6) is -0.491. The highest BCUT2D eigenvalue weighted by atomic mass is 32.1. The zero-order chi connectivity index (χ0) is 13.7. The largest absolute Gasteiger partial charge is 0.271 e. The molecule has 0 atom stereocenters. The molecule has 2 rings (SSSR count). The lowest BCUT2D eigenvalue weighted by atomic mass is 10.2. The molecule has 6 nitrogen and oxygen atoms in total. The van der Waals surface area contributed by atoms with Gasteiger partial charge in [0, 0.05) is 23.3 Å². The van der Waals surface area contributed by atoms with E-state index in [0.717, 1.165) is 5.56 Å². The fraction of sp³-hybridized carbons (Fsp3) is 0. The fourth-order valence-corrected chi connectivity index (χ4v) is 1.95. The summed E-state index contributed by atoms with van der Waals surface area (Å²) in [4.78, 5) is 21.7. The van der Waals surface area contributed by atoms with Crippen LogP contribution in [0.3, 0.4) is 0 Å². The molecule has 19 heavy (non-hydrogen) atoms. The van der Waals surface area contributed by atoms with E-state index in [9.17, 15) is 14.9 Å². The van der Waals surface area contributed by atoms with Crippen LogP contribution in [0.1, 0.15) is 15.9 Å². The highest BCUT2D eigenvalue weighted by Crippen LogP contribution is 2.12. The molecule has 0 bridgehead atoms. The van der Waals surface area contributed by atoms with Crippen LogP contribution in [-0.2, 0) is 0 Å². The number of thiophene rings is 1. The molecule has 0 spiro atoms. The second-order valence-electron chi connectivity index (χ2n) is 3.56. The summed E-state index contributed by atoms with van der Waals surface area (Å²) in [6, 6.07) is 7.33. The highest BCUT2D eigenvalue weighted by Gasteiger charge is 2.10. The number of carbonyl (C=O) groups excluding carboxylic acids is 1. The van der Waals surface area contributed by atoms with Gasteiger partial charge in [-0.2, -0.15) is 16.4 Å². The van der Waals surface area contributed by atoms with Gasteiger partial charge in [0.05, 0.1) is 11.1 Å². The number of non-ortho nitro benzene ring substituents is 1. The predicted molar refractivity (Wildman–Crippen MR) is 72.5 cm³/mol. The number of nitro groups is 1. The molecule has 0 saturated heterocycles. The zero-order valence-electron chi connectivity index (χ0n) is 9.65. The Labute approximate surface area is 112 Å². The molecule has 1 amide bonds. The van der Waals surface area contributed by atoms with Crippen LogP contribution < -0.4 is 5.43 Å². The fourth-order valence-electron chi connectivity index (χ4n) is 1.34. The van der Waals surface area contributed by atoms with Crippen molar-refractivity contribution in [3.63, 3.8) is 0 Å². The Morgan fingerprint density at radius 1 is 1.42 bits per heavy atom. The average Bonchev–Trinajstić information content (AvgIpc) is 2.92. The number of hydrazone groups is 1. The topological polar surface area (TPSA) is 84.6 Å². The molecule has 2 aromatic rings. The van der Waals surface area contributed by atoms with Crippen LogP contribution in [0.15, 0.2) is 46.2 Å². The van der Waals surface area contributed by atoms with E-state index in [4.69, 9.17) is 0 Å². The van der Waals surface area contributed by atoms with Crippen LogP contribution in [0, 0.1) is 10.1 Å². The van der Waals surface area contributed by atoms with E-state index in [1.807, 2.05) is 16.8 Å². The lowest BCUT2D eigenvalue weighted by molar-refractivity contribution is -0.384. The van der Waals surface area contributed by atoms with Crippen molar-refractivity contribution in [1.29, 1.82) is 0 Å². The molecule has 7 heteroatoms. The zero-order valence-corrected chi connectivity index (χ0v) is 10.5. The number of hydrogen-bond acceptors (Lipinski definition) is 5. The Morgan fingerprint density at radius 2 is 2.26 bits per heavy atom. The van der Waals surface area contributed by atoms with Gasteiger partial charge >= 0.3 is 0 Å². The van der Waals surface area contributed by atoms with Crippen LogP contribution in [0.2, 0.25) is 0 Å². The van der Waals surface area contributed by atoms with Gasteiger partial charge in [-0.25, -0.2) is 5.43 Å². The number of nitrogens with zero attached hydrogens (tertiary/aromatic N) is 2. The van der Waals surface area contributed by atoms with E-state index in [1.54, 1.807) is 0 Å².